The zero-order chi connectivity index (χ0) is 13.1. The number of esters is 1. The molecule has 1 N–H and O–H groups in total. The van der Waals surface area contributed by atoms with E-state index in [1.165, 1.54) is 20.0 Å². The number of hydrogen-bond acceptors (Lipinski definition) is 3. The molecule has 2 rings (SSSR count). The van der Waals surface area contributed by atoms with Crippen molar-refractivity contribution in [2.75, 3.05) is 12.4 Å². The van der Waals surface area contributed by atoms with Crippen molar-refractivity contribution in [1.29, 1.82) is 0 Å². The predicted octanol–water partition coefficient (Wildman–Crippen LogP) is 3.38. The second kappa shape index (κ2) is 5.42. The molecule has 1 aliphatic carbocycles. The number of ether oxygens (including phenoxy) is 1. The van der Waals surface area contributed by atoms with E-state index < -0.39 is 0 Å². The van der Waals surface area contributed by atoms with Crippen LogP contribution in [-0.4, -0.2) is 19.1 Å². The zero-order valence-corrected chi connectivity index (χ0v) is 11.3. The summed E-state index contributed by atoms with van der Waals surface area (Å²) in [7, 11) is 1.42. The predicted molar refractivity (Wildman–Crippen MR) is 72.9 cm³/mol. The van der Waals surface area contributed by atoms with Gasteiger partial charge < -0.3 is 10.1 Å². The molecule has 1 aromatic carbocycles. The molecule has 0 aromatic heterocycles. The van der Waals surface area contributed by atoms with Crippen LogP contribution in [0.4, 0.5) is 5.69 Å². The maximum absolute atomic E-state index is 11.8. The second-order valence-electron chi connectivity index (χ2n) is 5.04. The van der Waals surface area contributed by atoms with E-state index in [4.69, 9.17) is 4.74 Å². The molecule has 0 bridgehead atoms. The Hall–Kier alpha value is -1.51. The van der Waals surface area contributed by atoms with Crippen LogP contribution in [0.25, 0.3) is 0 Å². The molecule has 1 aliphatic rings. The van der Waals surface area contributed by atoms with Crippen molar-refractivity contribution >= 4 is 11.7 Å². The standard InChI is InChI=1S/C15H21NO2/c1-4-13(11-6-7-11)16-14-8-5-10(2)9-12(14)15(17)18-3/h5,8-9,11,13,16H,4,6-7H2,1-3H3. The summed E-state index contributed by atoms with van der Waals surface area (Å²) in [6.07, 6.45) is 3.68. The Morgan fingerprint density at radius 2 is 2.22 bits per heavy atom. The van der Waals surface area contributed by atoms with E-state index in [1.807, 2.05) is 25.1 Å². The van der Waals surface area contributed by atoms with E-state index >= 15 is 0 Å². The fourth-order valence-corrected chi connectivity index (χ4v) is 2.31. The Kier molecular flexibility index (Phi) is 3.90. The molecule has 1 fully saturated rings. The number of carbonyl (C=O) groups excluding carboxylic acids is 1. The first kappa shape index (κ1) is 12.9. The Labute approximate surface area is 109 Å². The van der Waals surface area contributed by atoms with Gasteiger partial charge >= 0.3 is 5.97 Å². The van der Waals surface area contributed by atoms with Gasteiger partial charge in [0.25, 0.3) is 0 Å². The molecule has 0 saturated heterocycles. The lowest BCUT2D eigenvalue weighted by molar-refractivity contribution is 0.0601. The summed E-state index contributed by atoms with van der Waals surface area (Å²) in [6, 6.07) is 6.35. The first-order valence-electron chi connectivity index (χ1n) is 6.61. The Bertz CT molecular complexity index is 438. The highest BCUT2D eigenvalue weighted by molar-refractivity contribution is 5.95. The minimum atomic E-state index is -0.271. The van der Waals surface area contributed by atoms with E-state index in [1.54, 1.807) is 0 Å². The molecule has 1 atom stereocenters. The Morgan fingerprint density at radius 3 is 2.78 bits per heavy atom. The first-order chi connectivity index (χ1) is 8.65. The maximum atomic E-state index is 11.8. The van der Waals surface area contributed by atoms with Gasteiger partial charge in [-0.05, 0) is 44.2 Å². The number of methoxy groups -OCH3 is 1. The average molecular weight is 247 g/mol. The summed E-state index contributed by atoms with van der Waals surface area (Å²) in [5, 5.41) is 3.50. The number of aryl methyl sites for hydroxylation is 1. The molecule has 98 valence electrons. The second-order valence-corrected chi connectivity index (χ2v) is 5.04. The van der Waals surface area contributed by atoms with Crippen LogP contribution >= 0.6 is 0 Å². The normalized spacial score (nSPS) is 16.2. The molecule has 1 unspecified atom stereocenters. The molecule has 3 nitrogen and oxygen atoms in total. The van der Waals surface area contributed by atoms with Crippen molar-refractivity contribution in [1.82, 2.24) is 0 Å². The van der Waals surface area contributed by atoms with Gasteiger partial charge in [0, 0.05) is 11.7 Å². The highest BCUT2D eigenvalue weighted by atomic mass is 16.5. The molecule has 0 heterocycles. The zero-order valence-electron chi connectivity index (χ0n) is 11.3. The third-order valence-electron chi connectivity index (χ3n) is 3.55. The quantitative estimate of drug-likeness (QED) is 0.811. The largest absolute Gasteiger partial charge is 0.465 e. The minimum Gasteiger partial charge on any atom is -0.465 e. The Balaban J connectivity index is 2.22. The first-order valence-corrected chi connectivity index (χ1v) is 6.61. The lowest BCUT2D eigenvalue weighted by atomic mass is 10.1. The molecule has 0 spiro atoms. The molecule has 18 heavy (non-hydrogen) atoms. The van der Waals surface area contributed by atoms with Crippen molar-refractivity contribution in [2.45, 2.75) is 39.2 Å². The van der Waals surface area contributed by atoms with Gasteiger partial charge in [-0.25, -0.2) is 4.79 Å². The van der Waals surface area contributed by atoms with Gasteiger partial charge in [-0.3, -0.25) is 0 Å². The molecule has 0 amide bonds. The van der Waals surface area contributed by atoms with E-state index in [0.717, 1.165) is 23.6 Å². The fourth-order valence-electron chi connectivity index (χ4n) is 2.31. The van der Waals surface area contributed by atoms with Crippen molar-refractivity contribution in [3.05, 3.63) is 29.3 Å². The third-order valence-corrected chi connectivity index (χ3v) is 3.55. The summed E-state index contributed by atoms with van der Waals surface area (Å²) < 4.78 is 4.84. The van der Waals surface area contributed by atoms with Gasteiger partial charge in [0.2, 0.25) is 0 Å². The summed E-state index contributed by atoms with van der Waals surface area (Å²) in [4.78, 5) is 11.8. The minimum absolute atomic E-state index is 0.271. The molecule has 1 aromatic rings. The van der Waals surface area contributed by atoms with Crippen LogP contribution in [-0.2, 0) is 4.74 Å². The van der Waals surface area contributed by atoms with Gasteiger partial charge in [-0.1, -0.05) is 18.6 Å². The van der Waals surface area contributed by atoms with Gasteiger partial charge in [-0.2, -0.15) is 0 Å². The van der Waals surface area contributed by atoms with E-state index in [0.29, 0.717) is 11.6 Å². The Morgan fingerprint density at radius 1 is 1.50 bits per heavy atom. The monoisotopic (exact) mass is 247 g/mol. The number of rotatable bonds is 5. The molecular formula is C15H21NO2. The summed E-state index contributed by atoms with van der Waals surface area (Å²) in [5.41, 5.74) is 2.60. The molecular weight excluding hydrogens is 226 g/mol. The van der Waals surface area contributed by atoms with Crippen molar-refractivity contribution in [3.63, 3.8) is 0 Å². The fraction of sp³-hybridized carbons (Fsp3) is 0.533. The topological polar surface area (TPSA) is 38.3 Å². The van der Waals surface area contributed by atoms with Gasteiger partial charge in [0.1, 0.15) is 0 Å². The van der Waals surface area contributed by atoms with Crippen LogP contribution in [0.3, 0.4) is 0 Å². The van der Waals surface area contributed by atoms with Crippen molar-refractivity contribution in [3.8, 4) is 0 Å². The van der Waals surface area contributed by atoms with Crippen LogP contribution < -0.4 is 5.32 Å². The van der Waals surface area contributed by atoms with Crippen LogP contribution in [0, 0.1) is 12.8 Å². The molecule has 0 aliphatic heterocycles. The lowest BCUT2D eigenvalue weighted by Crippen LogP contribution is -2.22. The van der Waals surface area contributed by atoms with Gasteiger partial charge in [0.05, 0.1) is 12.7 Å². The van der Waals surface area contributed by atoms with Crippen LogP contribution in [0.1, 0.15) is 42.1 Å². The summed E-state index contributed by atoms with van der Waals surface area (Å²) >= 11 is 0. The summed E-state index contributed by atoms with van der Waals surface area (Å²) in [6.45, 7) is 4.16. The number of benzene rings is 1. The van der Waals surface area contributed by atoms with Crippen LogP contribution in [0.2, 0.25) is 0 Å². The van der Waals surface area contributed by atoms with E-state index in [2.05, 4.69) is 12.2 Å². The van der Waals surface area contributed by atoms with Gasteiger partial charge in [-0.15, -0.1) is 0 Å². The highest BCUT2D eigenvalue weighted by Crippen LogP contribution is 2.36. The lowest BCUT2D eigenvalue weighted by Gasteiger charge is -2.19. The van der Waals surface area contributed by atoms with E-state index in [9.17, 15) is 4.79 Å². The smallest absolute Gasteiger partial charge is 0.339 e. The van der Waals surface area contributed by atoms with Crippen LogP contribution in [0.5, 0.6) is 0 Å². The SMILES string of the molecule is CCC(Nc1ccc(C)cc1C(=O)OC)C1CC1. The molecule has 3 heteroatoms. The van der Waals surface area contributed by atoms with Gasteiger partial charge in [0.15, 0.2) is 0 Å². The number of nitrogens with one attached hydrogen (secondary N) is 1. The van der Waals surface area contributed by atoms with Crippen molar-refractivity contribution in [2.24, 2.45) is 5.92 Å². The number of carbonyl (C=O) groups is 1. The maximum Gasteiger partial charge on any atom is 0.339 e. The average Bonchev–Trinajstić information content (AvgIpc) is 3.20. The summed E-state index contributed by atoms with van der Waals surface area (Å²) in [5.74, 6) is 0.494. The third kappa shape index (κ3) is 2.84. The number of hydrogen-bond donors (Lipinski definition) is 1. The molecule has 1 saturated carbocycles. The molecule has 0 radical (unpaired) electrons. The van der Waals surface area contributed by atoms with Crippen LogP contribution in [0.15, 0.2) is 18.2 Å². The number of anilines is 1. The highest BCUT2D eigenvalue weighted by Gasteiger charge is 2.30. The van der Waals surface area contributed by atoms with Crippen molar-refractivity contribution < 1.29 is 9.53 Å². The van der Waals surface area contributed by atoms with E-state index in [-0.39, 0.29) is 5.97 Å².